The molecule has 0 aliphatic carbocycles. The van der Waals surface area contributed by atoms with Crippen molar-refractivity contribution in [3.05, 3.63) is 33.7 Å². The summed E-state index contributed by atoms with van der Waals surface area (Å²) in [4.78, 5) is 14.6. The summed E-state index contributed by atoms with van der Waals surface area (Å²) in [5, 5.41) is 7.47. The van der Waals surface area contributed by atoms with E-state index in [2.05, 4.69) is 37.8 Å². The summed E-state index contributed by atoms with van der Waals surface area (Å²) in [5.41, 5.74) is 0.825. The van der Waals surface area contributed by atoms with Crippen LogP contribution in [0.5, 0.6) is 0 Å². The van der Waals surface area contributed by atoms with Crippen molar-refractivity contribution in [3.8, 4) is 0 Å². The van der Waals surface area contributed by atoms with Gasteiger partial charge in [-0.3, -0.25) is 4.79 Å². The molecule has 1 unspecified atom stereocenters. The number of nitrogens with one attached hydrogen (secondary N) is 1. The summed E-state index contributed by atoms with van der Waals surface area (Å²) in [5.74, 6) is 0. The minimum Gasteiger partial charge on any atom is -0.366 e. The molecule has 1 aliphatic heterocycles. The van der Waals surface area contributed by atoms with Gasteiger partial charge in [0.15, 0.2) is 0 Å². The Morgan fingerprint density at radius 2 is 2.38 bits per heavy atom. The zero-order valence-corrected chi connectivity index (χ0v) is 14.1. The van der Waals surface area contributed by atoms with Crippen LogP contribution in [-0.4, -0.2) is 36.0 Å². The number of anilines is 1. The number of piperidine rings is 1. The molecule has 1 aromatic heterocycles. The maximum Gasteiger partial charge on any atom is 0.283 e. The molecule has 1 atom stereocenters. The topological polar surface area (TPSA) is 50.2 Å². The van der Waals surface area contributed by atoms with Crippen LogP contribution in [0.15, 0.2) is 28.1 Å². The van der Waals surface area contributed by atoms with Gasteiger partial charge in [0, 0.05) is 12.6 Å². The Morgan fingerprint density at radius 3 is 3.10 bits per heavy atom. The largest absolute Gasteiger partial charge is 0.366 e. The van der Waals surface area contributed by atoms with Gasteiger partial charge in [-0.1, -0.05) is 6.08 Å². The first-order valence-electron chi connectivity index (χ1n) is 7.46. The zero-order valence-electron chi connectivity index (χ0n) is 12.5. The third-order valence-electron chi connectivity index (χ3n) is 3.93. The van der Waals surface area contributed by atoms with Gasteiger partial charge >= 0.3 is 0 Å². The molecule has 0 bridgehead atoms. The zero-order chi connectivity index (χ0) is 15.2. The monoisotopic (exact) mass is 354 g/mol. The summed E-state index contributed by atoms with van der Waals surface area (Å²) in [6.07, 6.45) is 8.15. The number of rotatable bonds is 6. The Balaban J connectivity index is 2.28. The highest BCUT2D eigenvalue weighted by Gasteiger charge is 2.25. The van der Waals surface area contributed by atoms with E-state index in [0.717, 1.165) is 31.6 Å². The highest BCUT2D eigenvalue weighted by Crippen LogP contribution is 2.29. The number of halogens is 1. The molecule has 21 heavy (non-hydrogen) atoms. The van der Waals surface area contributed by atoms with Crippen LogP contribution in [0.4, 0.5) is 5.69 Å². The molecule has 116 valence electrons. The van der Waals surface area contributed by atoms with E-state index in [-0.39, 0.29) is 5.56 Å². The van der Waals surface area contributed by atoms with Gasteiger partial charge in [0.05, 0.1) is 18.4 Å². The predicted molar refractivity (Wildman–Crippen MR) is 89.9 cm³/mol. The van der Waals surface area contributed by atoms with Crippen molar-refractivity contribution in [2.75, 3.05) is 25.0 Å². The minimum absolute atomic E-state index is 0.0923. The van der Waals surface area contributed by atoms with Crippen LogP contribution in [-0.2, 0) is 6.54 Å². The van der Waals surface area contributed by atoms with Crippen LogP contribution in [0.3, 0.4) is 0 Å². The van der Waals surface area contributed by atoms with Crippen molar-refractivity contribution in [2.24, 2.45) is 0 Å². The van der Waals surface area contributed by atoms with Crippen molar-refractivity contribution in [3.63, 3.8) is 0 Å². The molecule has 5 nitrogen and oxygen atoms in total. The lowest BCUT2D eigenvalue weighted by Crippen LogP contribution is -2.42. The lowest BCUT2D eigenvalue weighted by atomic mass is 9.99. The lowest BCUT2D eigenvalue weighted by Gasteiger charge is -2.38. The number of allylic oxidation sites excluding steroid dienone is 1. The molecule has 2 rings (SSSR count). The fourth-order valence-electron chi connectivity index (χ4n) is 2.84. The Morgan fingerprint density at radius 1 is 1.57 bits per heavy atom. The summed E-state index contributed by atoms with van der Waals surface area (Å²) in [6, 6.07) is 0.471. The van der Waals surface area contributed by atoms with Crippen LogP contribution in [0.2, 0.25) is 0 Å². The van der Waals surface area contributed by atoms with Crippen molar-refractivity contribution >= 4 is 21.6 Å². The maximum absolute atomic E-state index is 12.3. The molecule has 0 spiro atoms. The first kappa shape index (κ1) is 16.2. The van der Waals surface area contributed by atoms with Gasteiger partial charge in [0.2, 0.25) is 0 Å². The standard InChI is InChI=1S/C15H23BrN4O/c1-3-9-20-15(21)14(16)13(11-18-20)19-10-5-4-6-12(19)7-8-17-2/h3,11-12,17H,1,4-10H2,2H3. The van der Waals surface area contributed by atoms with Crippen LogP contribution in [0.1, 0.15) is 25.7 Å². The van der Waals surface area contributed by atoms with E-state index in [1.165, 1.54) is 17.5 Å². The molecule has 1 fully saturated rings. The Bertz CT molecular complexity index is 543. The SMILES string of the molecule is C=CCn1ncc(N2CCCCC2CCNC)c(Br)c1=O. The predicted octanol–water partition coefficient (Wildman–Crippen LogP) is 2.16. The Hall–Kier alpha value is -1.14. The van der Waals surface area contributed by atoms with Crippen LogP contribution >= 0.6 is 15.9 Å². The van der Waals surface area contributed by atoms with Crippen molar-refractivity contribution in [1.29, 1.82) is 0 Å². The van der Waals surface area contributed by atoms with Gasteiger partial charge in [-0.2, -0.15) is 5.10 Å². The quantitative estimate of drug-likeness (QED) is 0.795. The Labute approximate surface area is 134 Å². The summed E-state index contributed by atoms with van der Waals surface area (Å²) in [7, 11) is 1.97. The number of aromatic nitrogens is 2. The molecule has 1 saturated heterocycles. The van der Waals surface area contributed by atoms with E-state index in [4.69, 9.17) is 0 Å². The van der Waals surface area contributed by atoms with E-state index in [1.54, 1.807) is 12.3 Å². The van der Waals surface area contributed by atoms with Crippen LogP contribution in [0.25, 0.3) is 0 Å². The van der Waals surface area contributed by atoms with E-state index in [9.17, 15) is 4.79 Å². The van der Waals surface area contributed by atoms with Crippen LogP contribution < -0.4 is 15.8 Å². The number of hydrogen-bond acceptors (Lipinski definition) is 4. The average Bonchev–Trinajstić information content (AvgIpc) is 2.51. The lowest BCUT2D eigenvalue weighted by molar-refractivity contribution is 0.431. The second-order valence-electron chi connectivity index (χ2n) is 5.35. The van der Waals surface area contributed by atoms with Gasteiger partial charge in [-0.25, -0.2) is 4.68 Å². The van der Waals surface area contributed by atoms with Gasteiger partial charge in [-0.15, -0.1) is 6.58 Å². The second kappa shape index (κ2) is 7.75. The third-order valence-corrected chi connectivity index (χ3v) is 4.68. The van der Waals surface area contributed by atoms with E-state index in [1.807, 2.05) is 7.05 Å². The maximum atomic E-state index is 12.3. The van der Waals surface area contributed by atoms with Crippen molar-refractivity contribution in [1.82, 2.24) is 15.1 Å². The van der Waals surface area contributed by atoms with Gasteiger partial charge in [-0.05, 0) is 55.2 Å². The number of hydrogen-bond donors (Lipinski definition) is 1. The van der Waals surface area contributed by atoms with E-state index in [0.29, 0.717) is 17.1 Å². The molecule has 1 aliphatic rings. The molecule has 1 N–H and O–H groups in total. The molecule has 0 radical (unpaired) electrons. The molecule has 6 heteroatoms. The first-order valence-corrected chi connectivity index (χ1v) is 8.26. The molecule has 2 heterocycles. The van der Waals surface area contributed by atoms with E-state index >= 15 is 0 Å². The minimum atomic E-state index is -0.0923. The molecule has 1 aromatic rings. The van der Waals surface area contributed by atoms with Crippen molar-refractivity contribution < 1.29 is 0 Å². The van der Waals surface area contributed by atoms with Gasteiger partial charge in [0.25, 0.3) is 5.56 Å². The first-order chi connectivity index (χ1) is 10.2. The fourth-order valence-corrected chi connectivity index (χ4v) is 3.37. The second-order valence-corrected chi connectivity index (χ2v) is 6.15. The Kier molecular flexibility index (Phi) is 5.99. The van der Waals surface area contributed by atoms with Crippen molar-refractivity contribution in [2.45, 2.75) is 38.3 Å². The molecule has 0 saturated carbocycles. The summed E-state index contributed by atoms with van der Waals surface area (Å²) >= 11 is 3.47. The fraction of sp³-hybridized carbons (Fsp3) is 0.600. The summed E-state index contributed by atoms with van der Waals surface area (Å²) in [6.45, 7) is 6.06. The van der Waals surface area contributed by atoms with Gasteiger partial charge in [0.1, 0.15) is 4.47 Å². The highest BCUT2D eigenvalue weighted by atomic mass is 79.9. The number of nitrogens with zero attached hydrogens (tertiary/aromatic N) is 3. The summed E-state index contributed by atoms with van der Waals surface area (Å²) < 4.78 is 2.03. The highest BCUT2D eigenvalue weighted by molar-refractivity contribution is 9.10. The molecular formula is C15H23BrN4O. The third kappa shape index (κ3) is 3.74. The average molecular weight is 355 g/mol. The van der Waals surface area contributed by atoms with Gasteiger partial charge < -0.3 is 10.2 Å². The normalized spacial score (nSPS) is 18.8. The molecule has 0 amide bonds. The molecular weight excluding hydrogens is 332 g/mol. The van der Waals surface area contributed by atoms with Crippen LogP contribution in [0, 0.1) is 0 Å². The smallest absolute Gasteiger partial charge is 0.283 e. The molecule has 0 aromatic carbocycles. The van der Waals surface area contributed by atoms with E-state index < -0.39 is 0 Å².